The lowest BCUT2D eigenvalue weighted by Gasteiger charge is -2.59. The number of aromatic nitrogens is 1. The highest BCUT2D eigenvalue weighted by molar-refractivity contribution is 5.85. The van der Waals surface area contributed by atoms with Crippen LogP contribution in [0.4, 0.5) is 4.79 Å². The number of hydrogen-bond acceptors (Lipinski definition) is 6. The van der Waals surface area contributed by atoms with E-state index in [0.29, 0.717) is 50.5 Å². The van der Waals surface area contributed by atoms with E-state index in [4.69, 9.17) is 19.7 Å². The van der Waals surface area contributed by atoms with E-state index in [1.54, 1.807) is 6.07 Å². The standard InChI is InChI=1S/C26H29N3O6/c1-2-33-18-5-3-16-4-6-19(14-17(16)13-18)34-21-15-26(8-11-29(12-9-26)25(31)32)23(21)22(24(27)30)20-7-10-28-35-20/h3-7,10,13-14,21-23H,2,8-9,11-12,15H2,1H3,(H2,27,30)(H,31,32). The zero-order valence-electron chi connectivity index (χ0n) is 19.6. The number of fused-ring (bicyclic) bond motifs is 1. The number of carboxylic acid groups (broad SMARTS) is 1. The fraction of sp³-hybridized carbons (Fsp3) is 0.423. The summed E-state index contributed by atoms with van der Waals surface area (Å²) in [5.41, 5.74) is 5.62. The molecular formula is C26H29N3O6. The summed E-state index contributed by atoms with van der Waals surface area (Å²) in [6.45, 7) is 3.36. The molecule has 2 fully saturated rings. The van der Waals surface area contributed by atoms with Gasteiger partial charge in [0.05, 0.1) is 12.8 Å². The number of nitrogens with zero attached hydrogens (tertiary/aromatic N) is 2. The molecular weight excluding hydrogens is 450 g/mol. The molecule has 1 spiro atoms. The first kappa shape index (κ1) is 23.0. The smallest absolute Gasteiger partial charge is 0.407 e. The number of amides is 2. The van der Waals surface area contributed by atoms with Crippen LogP contribution in [0.25, 0.3) is 10.8 Å². The molecule has 0 bridgehead atoms. The van der Waals surface area contributed by atoms with Crippen LogP contribution in [0.2, 0.25) is 0 Å². The Labute approximate surface area is 202 Å². The molecule has 35 heavy (non-hydrogen) atoms. The van der Waals surface area contributed by atoms with Crippen LogP contribution in [0, 0.1) is 11.3 Å². The van der Waals surface area contributed by atoms with Crippen LogP contribution in [0.5, 0.6) is 11.5 Å². The summed E-state index contributed by atoms with van der Waals surface area (Å²) in [5, 5.41) is 15.2. The van der Waals surface area contributed by atoms with Gasteiger partial charge in [-0.1, -0.05) is 17.3 Å². The molecule has 2 aromatic carbocycles. The third kappa shape index (κ3) is 4.26. The molecule has 1 saturated heterocycles. The van der Waals surface area contributed by atoms with Crippen molar-refractivity contribution >= 4 is 22.8 Å². The van der Waals surface area contributed by atoms with Gasteiger partial charge >= 0.3 is 6.09 Å². The van der Waals surface area contributed by atoms with Crippen LogP contribution in [0.1, 0.15) is 37.9 Å². The maximum absolute atomic E-state index is 12.7. The van der Waals surface area contributed by atoms with E-state index in [1.165, 1.54) is 11.1 Å². The fourth-order valence-corrected chi connectivity index (χ4v) is 5.85. The van der Waals surface area contributed by atoms with Crippen LogP contribution < -0.4 is 15.2 Å². The number of piperidine rings is 1. The van der Waals surface area contributed by atoms with E-state index in [-0.39, 0.29) is 17.4 Å². The lowest BCUT2D eigenvalue weighted by Crippen LogP contribution is -2.62. The highest BCUT2D eigenvalue weighted by atomic mass is 16.5. The van der Waals surface area contributed by atoms with Crippen LogP contribution in [-0.2, 0) is 4.79 Å². The third-order valence-electron chi connectivity index (χ3n) is 7.56. The van der Waals surface area contributed by atoms with Gasteiger partial charge in [0, 0.05) is 25.1 Å². The SMILES string of the molecule is CCOc1ccc2ccc(OC3CC4(CCN(C(=O)O)CC4)C3C(C(N)=O)c3ccno3)cc2c1. The Balaban J connectivity index is 1.44. The third-order valence-corrected chi connectivity index (χ3v) is 7.56. The van der Waals surface area contributed by atoms with Crippen molar-refractivity contribution in [3.05, 3.63) is 54.4 Å². The number of nitrogens with two attached hydrogens (primary N) is 1. The average molecular weight is 480 g/mol. The first-order valence-electron chi connectivity index (χ1n) is 11.9. The van der Waals surface area contributed by atoms with E-state index < -0.39 is 17.9 Å². The van der Waals surface area contributed by atoms with Gasteiger partial charge in [-0.05, 0) is 66.6 Å². The number of benzene rings is 2. The van der Waals surface area contributed by atoms with E-state index in [2.05, 4.69) is 5.16 Å². The number of primary amides is 1. The molecule has 9 heteroatoms. The van der Waals surface area contributed by atoms with Crippen molar-refractivity contribution in [3.8, 4) is 11.5 Å². The summed E-state index contributed by atoms with van der Waals surface area (Å²) in [5.74, 6) is 0.435. The molecule has 2 aliphatic rings. The normalized spacial score (nSPS) is 21.9. The van der Waals surface area contributed by atoms with Gasteiger partial charge in [-0.3, -0.25) is 4.79 Å². The lowest BCUT2D eigenvalue weighted by molar-refractivity contribution is -0.150. The van der Waals surface area contributed by atoms with Crippen LogP contribution >= 0.6 is 0 Å². The highest BCUT2D eigenvalue weighted by Gasteiger charge is 2.61. The second-order valence-electron chi connectivity index (χ2n) is 9.42. The van der Waals surface area contributed by atoms with Crippen molar-refractivity contribution in [2.45, 2.75) is 38.2 Å². The summed E-state index contributed by atoms with van der Waals surface area (Å²) in [4.78, 5) is 25.5. The molecule has 9 nitrogen and oxygen atoms in total. The number of carbonyl (C=O) groups excluding carboxylic acids is 1. The van der Waals surface area contributed by atoms with Gasteiger partial charge in [0.25, 0.3) is 0 Å². The van der Waals surface area contributed by atoms with Crippen LogP contribution in [0.3, 0.4) is 0 Å². The predicted molar refractivity (Wildman–Crippen MR) is 127 cm³/mol. The van der Waals surface area contributed by atoms with Gasteiger partial charge in [0.1, 0.15) is 29.3 Å². The maximum Gasteiger partial charge on any atom is 0.407 e. The molecule has 0 radical (unpaired) electrons. The van der Waals surface area contributed by atoms with E-state index in [9.17, 15) is 14.7 Å². The van der Waals surface area contributed by atoms with Crippen LogP contribution in [0.15, 0.2) is 53.2 Å². The molecule has 1 aliphatic carbocycles. The summed E-state index contributed by atoms with van der Waals surface area (Å²) in [6.07, 6.45) is 2.28. The fourth-order valence-electron chi connectivity index (χ4n) is 5.85. The van der Waals surface area contributed by atoms with Crippen molar-refractivity contribution in [1.29, 1.82) is 0 Å². The highest BCUT2D eigenvalue weighted by Crippen LogP contribution is 2.59. The van der Waals surface area contributed by atoms with Gasteiger partial charge in [0.2, 0.25) is 5.91 Å². The van der Waals surface area contributed by atoms with Gasteiger partial charge in [-0.25, -0.2) is 4.79 Å². The summed E-state index contributed by atoms with van der Waals surface area (Å²) >= 11 is 0. The average Bonchev–Trinajstić information content (AvgIpc) is 3.36. The molecule has 3 atom stereocenters. The van der Waals surface area contributed by atoms with Gasteiger partial charge < -0.3 is 29.7 Å². The minimum atomic E-state index is -0.923. The van der Waals surface area contributed by atoms with E-state index in [0.717, 1.165) is 16.5 Å². The predicted octanol–water partition coefficient (Wildman–Crippen LogP) is 4.02. The van der Waals surface area contributed by atoms with Crippen molar-refractivity contribution in [2.75, 3.05) is 19.7 Å². The Morgan fingerprint density at radius 1 is 1.17 bits per heavy atom. The zero-order chi connectivity index (χ0) is 24.6. The first-order chi connectivity index (χ1) is 16.9. The largest absolute Gasteiger partial charge is 0.494 e. The van der Waals surface area contributed by atoms with Gasteiger partial charge in [0.15, 0.2) is 0 Å². The zero-order valence-corrected chi connectivity index (χ0v) is 19.6. The minimum Gasteiger partial charge on any atom is -0.494 e. The Bertz CT molecular complexity index is 1220. The number of carbonyl (C=O) groups is 2. The molecule has 3 N–H and O–H groups in total. The Morgan fingerprint density at radius 3 is 2.51 bits per heavy atom. The number of hydrogen-bond donors (Lipinski definition) is 2. The summed E-state index contributed by atoms with van der Waals surface area (Å²) in [7, 11) is 0. The Kier molecular flexibility index (Phi) is 6.00. The maximum atomic E-state index is 12.7. The van der Waals surface area contributed by atoms with Crippen molar-refractivity contribution < 1.29 is 28.7 Å². The molecule has 184 valence electrons. The molecule has 2 amide bonds. The van der Waals surface area contributed by atoms with Crippen molar-refractivity contribution in [2.24, 2.45) is 17.1 Å². The monoisotopic (exact) mass is 479 g/mol. The van der Waals surface area contributed by atoms with E-state index >= 15 is 0 Å². The quantitative estimate of drug-likeness (QED) is 0.524. The van der Waals surface area contributed by atoms with Gasteiger partial charge in [-0.15, -0.1) is 0 Å². The van der Waals surface area contributed by atoms with Crippen molar-refractivity contribution in [3.63, 3.8) is 0 Å². The van der Waals surface area contributed by atoms with Crippen molar-refractivity contribution in [1.82, 2.24) is 10.1 Å². The van der Waals surface area contributed by atoms with E-state index in [1.807, 2.05) is 43.3 Å². The second kappa shape index (κ2) is 9.13. The number of ether oxygens (including phenoxy) is 2. The van der Waals surface area contributed by atoms with Gasteiger partial charge in [-0.2, -0.15) is 0 Å². The minimum absolute atomic E-state index is 0.255. The number of rotatable bonds is 7. The molecule has 3 unspecified atom stereocenters. The Hall–Kier alpha value is -3.75. The Morgan fingerprint density at radius 2 is 1.89 bits per heavy atom. The molecule has 1 saturated carbocycles. The topological polar surface area (TPSA) is 128 Å². The molecule has 5 rings (SSSR count). The second-order valence-corrected chi connectivity index (χ2v) is 9.42. The summed E-state index contributed by atoms with van der Waals surface area (Å²) in [6, 6.07) is 13.5. The molecule has 2 heterocycles. The molecule has 1 aliphatic heterocycles. The molecule has 3 aromatic rings. The molecule has 1 aromatic heterocycles. The lowest BCUT2D eigenvalue weighted by atomic mass is 9.50. The first-order valence-corrected chi connectivity index (χ1v) is 11.9. The number of likely N-dealkylation sites (tertiary alicyclic amines) is 1. The summed E-state index contributed by atoms with van der Waals surface area (Å²) < 4.78 is 17.5. The van der Waals surface area contributed by atoms with Crippen LogP contribution in [-0.4, -0.2) is 53.0 Å².